The molecule has 0 radical (unpaired) electrons. The van der Waals surface area contributed by atoms with Crippen molar-refractivity contribution in [3.8, 4) is 5.75 Å². The van der Waals surface area contributed by atoms with Crippen molar-refractivity contribution in [2.45, 2.75) is 13.3 Å². The van der Waals surface area contributed by atoms with E-state index in [0.717, 1.165) is 17.5 Å². The summed E-state index contributed by atoms with van der Waals surface area (Å²) in [7, 11) is 3.38. The first kappa shape index (κ1) is 21.2. The summed E-state index contributed by atoms with van der Waals surface area (Å²) in [4.78, 5) is 21.4. The zero-order valence-corrected chi connectivity index (χ0v) is 14.4. The molecule has 0 fully saturated rings. The van der Waals surface area contributed by atoms with Gasteiger partial charge in [0.1, 0.15) is 12.4 Å². The monoisotopic (exact) mass is 331 g/mol. The summed E-state index contributed by atoms with van der Waals surface area (Å²) in [6.45, 7) is 6.11. The number of aliphatic carboxylic acids is 1. The first-order valence-corrected chi connectivity index (χ1v) is 7.42. The fraction of sp³-hybridized carbons (Fsp3) is 0.263. The zero-order valence-electron chi connectivity index (χ0n) is 14.4. The van der Waals surface area contributed by atoms with Crippen molar-refractivity contribution in [3.63, 3.8) is 0 Å². The molecule has 1 amide bonds. The molecule has 1 aromatic rings. The molecule has 0 saturated carbocycles. The average molecular weight is 331 g/mol. The van der Waals surface area contributed by atoms with E-state index in [-0.39, 0.29) is 6.42 Å². The molecule has 1 rings (SSSR count). The largest absolute Gasteiger partial charge is 0.489 e. The van der Waals surface area contributed by atoms with E-state index in [2.05, 4.69) is 6.58 Å². The molecular weight excluding hydrogens is 306 g/mol. The van der Waals surface area contributed by atoms with Crippen molar-refractivity contribution >= 4 is 12.4 Å². The predicted molar refractivity (Wildman–Crippen MR) is 96.1 cm³/mol. The van der Waals surface area contributed by atoms with E-state index in [9.17, 15) is 9.59 Å². The first-order chi connectivity index (χ1) is 11.4. The number of allylic oxidation sites excluding steroid dienone is 3. The molecular formula is C19H25NO4. The second kappa shape index (κ2) is 12.7. The van der Waals surface area contributed by atoms with Gasteiger partial charge in [0.2, 0.25) is 6.41 Å². The molecule has 5 heteroatoms. The van der Waals surface area contributed by atoms with Crippen LogP contribution in [0.5, 0.6) is 5.75 Å². The van der Waals surface area contributed by atoms with Crippen molar-refractivity contribution in [1.29, 1.82) is 0 Å². The lowest BCUT2D eigenvalue weighted by Crippen LogP contribution is -2.06. The van der Waals surface area contributed by atoms with Crippen molar-refractivity contribution in [1.82, 2.24) is 4.90 Å². The minimum absolute atomic E-state index is 0.0272. The summed E-state index contributed by atoms with van der Waals surface area (Å²) in [6.07, 6.45) is 8.32. The van der Waals surface area contributed by atoms with Crippen LogP contribution < -0.4 is 4.74 Å². The van der Waals surface area contributed by atoms with E-state index in [1.807, 2.05) is 25.2 Å². The Morgan fingerprint density at radius 1 is 1.29 bits per heavy atom. The van der Waals surface area contributed by atoms with Gasteiger partial charge in [-0.3, -0.25) is 9.59 Å². The lowest BCUT2D eigenvalue weighted by Gasteiger charge is -2.07. The summed E-state index contributed by atoms with van der Waals surface area (Å²) < 4.78 is 5.60. The molecule has 5 nitrogen and oxygen atoms in total. The Morgan fingerprint density at radius 2 is 1.88 bits per heavy atom. The van der Waals surface area contributed by atoms with E-state index in [1.54, 1.807) is 44.4 Å². The Balaban J connectivity index is 0.000000922. The van der Waals surface area contributed by atoms with Gasteiger partial charge in [-0.05, 0) is 30.2 Å². The molecule has 0 aromatic heterocycles. The number of carbonyl (C=O) groups is 2. The van der Waals surface area contributed by atoms with Crippen molar-refractivity contribution in [3.05, 3.63) is 66.3 Å². The maximum absolute atomic E-state index is 10.6. The lowest BCUT2D eigenvalue weighted by atomic mass is 10.1. The van der Waals surface area contributed by atoms with Gasteiger partial charge in [0, 0.05) is 14.1 Å². The van der Waals surface area contributed by atoms with Gasteiger partial charge in [0.25, 0.3) is 0 Å². The van der Waals surface area contributed by atoms with Gasteiger partial charge < -0.3 is 14.7 Å². The van der Waals surface area contributed by atoms with Crippen LogP contribution in [0.4, 0.5) is 0 Å². The van der Waals surface area contributed by atoms with Gasteiger partial charge in [-0.25, -0.2) is 0 Å². The average Bonchev–Trinajstić information content (AvgIpc) is 2.56. The molecule has 0 spiro atoms. The van der Waals surface area contributed by atoms with Crippen molar-refractivity contribution in [2.24, 2.45) is 0 Å². The van der Waals surface area contributed by atoms with E-state index in [1.165, 1.54) is 4.90 Å². The quantitative estimate of drug-likeness (QED) is 0.587. The number of benzene rings is 1. The standard InChI is InChI=1S/C16H18O3.C3H7NO/c1-3-5-6-13(4-2)12-19-15-9-7-14(8-10-15)11-16(17)18;1-4(2)3-5/h3-10H,2,11-12H2,1H3,(H,17,18);3H,1-2H3/b5-3-,13-6+;. The molecule has 24 heavy (non-hydrogen) atoms. The highest BCUT2D eigenvalue weighted by Crippen LogP contribution is 2.14. The smallest absolute Gasteiger partial charge is 0.307 e. The second-order valence-corrected chi connectivity index (χ2v) is 5.04. The second-order valence-electron chi connectivity index (χ2n) is 5.04. The van der Waals surface area contributed by atoms with Crippen LogP contribution in [0.25, 0.3) is 0 Å². The first-order valence-electron chi connectivity index (χ1n) is 7.42. The third-order valence-corrected chi connectivity index (χ3v) is 2.66. The van der Waals surface area contributed by atoms with Gasteiger partial charge >= 0.3 is 5.97 Å². The number of ether oxygens (including phenoxy) is 1. The van der Waals surface area contributed by atoms with Crippen LogP contribution in [0, 0.1) is 0 Å². The number of rotatable bonds is 8. The van der Waals surface area contributed by atoms with Crippen LogP contribution in [0.2, 0.25) is 0 Å². The number of nitrogens with zero attached hydrogens (tertiary/aromatic N) is 1. The van der Waals surface area contributed by atoms with Gasteiger partial charge in [-0.2, -0.15) is 0 Å². The fourth-order valence-electron chi connectivity index (χ4n) is 1.44. The molecule has 0 heterocycles. The highest BCUT2D eigenvalue weighted by atomic mass is 16.5. The third kappa shape index (κ3) is 10.8. The van der Waals surface area contributed by atoms with Crippen LogP contribution in [-0.4, -0.2) is 43.1 Å². The minimum atomic E-state index is -0.836. The van der Waals surface area contributed by atoms with Crippen LogP contribution in [0.15, 0.2) is 60.7 Å². The summed E-state index contributed by atoms with van der Waals surface area (Å²) in [6, 6.07) is 7.06. The summed E-state index contributed by atoms with van der Waals surface area (Å²) >= 11 is 0. The number of carboxylic acids is 1. The molecule has 0 aliphatic heterocycles. The molecule has 0 atom stereocenters. The SMILES string of the molecule is C=C/C(=C\C=C/C)COc1ccc(CC(=O)O)cc1.CN(C)C=O. The number of carboxylic acid groups (broad SMARTS) is 1. The van der Waals surface area contributed by atoms with E-state index in [0.29, 0.717) is 12.4 Å². The Kier molecular flexibility index (Phi) is 11.2. The van der Waals surface area contributed by atoms with E-state index >= 15 is 0 Å². The Bertz CT molecular complexity index is 572. The fourth-order valence-corrected chi connectivity index (χ4v) is 1.44. The molecule has 130 valence electrons. The molecule has 1 N–H and O–H groups in total. The normalized spacial score (nSPS) is 10.5. The van der Waals surface area contributed by atoms with Crippen LogP contribution in [-0.2, 0) is 16.0 Å². The van der Waals surface area contributed by atoms with Crippen LogP contribution in [0.3, 0.4) is 0 Å². The molecule has 0 saturated heterocycles. The molecule has 0 aliphatic rings. The summed E-state index contributed by atoms with van der Waals surface area (Å²) in [5, 5.41) is 8.67. The molecule has 1 aromatic carbocycles. The third-order valence-electron chi connectivity index (χ3n) is 2.66. The number of hydrogen-bond acceptors (Lipinski definition) is 3. The highest BCUT2D eigenvalue weighted by Gasteiger charge is 2.01. The predicted octanol–water partition coefficient (Wildman–Crippen LogP) is 3.09. The van der Waals surface area contributed by atoms with Gasteiger partial charge in [-0.1, -0.05) is 43.0 Å². The van der Waals surface area contributed by atoms with Gasteiger partial charge in [-0.15, -0.1) is 0 Å². The number of amides is 1. The Labute approximate surface area is 143 Å². The Hall–Kier alpha value is -2.82. The maximum Gasteiger partial charge on any atom is 0.307 e. The Morgan fingerprint density at radius 3 is 2.29 bits per heavy atom. The molecule has 0 bridgehead atoms. The summed E-state index contributed by atoms with van der Waals surface area (Å²) in [5.41, 5.74) is 1.74. The van der Waals surface area contributed by atoms with Crippen LogP contribution >= 0.6 is 0 Å². The molecule has 0 aliphatic carbocycles. The highest BCUT2D eigenvalue weighted by molar-refractivity contribution is 5.70. The van der Waals surface area contributed by atoms with Gasteiger partial charge in [0.05, 0.1) is 6.42 Å². The van der Waals surface area contributed by atoms with E-state index in [4.69, 9.17) is 9.84 Å². The van der Waals surface area contributed by atoms with Crippen LogP contribution in [0.1, 0.15) is 12.5 Å². The lowest BCUT2D eigenvalue weighted by molar-refractivity contribution is -0.136. The topological polar surface area (TPSA) is 66.8 Å². The number of carbonyl (C=O) groups excluding carboxylic acids is 1. The molecule has 0 unspecified atom stereocenters. The summed E-state index contributed by atoms with van der Waals surface area (Å²) in [5.74, 6) is -0.126. The van der Waals surface area contributed by atoms with Crippen molar-refractivity contribution in [2.75, 3.05) is 20.7 Å². The minimum Gasteiger partial charge on any atom is -0.489 e. The maximum atomic E-state index is 10.6. The number of hydrogen-bond donors (Lipinski definition) is 1. The zero-order chi connectivity index (χ0) is 18.4. The van der Waals surface area contributed by atoms with Crippen molar-refractivity contribution < 1.29 is 19.4 Å². The van der Waals surface area contributed by atoms with E-state index < -0.39 is 5.97 Å². The van der Waals surface area contributed by atoms with Gasteiger partial charge in [0.15, 0.2) is 0 Å².